The molecule has 1 saturated heterocycles. The maximum Gasteiger partial charge on any atom is 0.328 e. The lowest BCUT2D eigenvalue weighted by Crippen LogP contribution is -2.58. The highest BCUT2D eigenvalue weighted by atomic mass is 16.4. The molecule has 2 heterocycles. The van der Waals surface area contributed by atoms with Gasteiger partial charge >= 0.3 is 5.97 Å². The molecule has 8 N–H and O–H groups in total. The molecule has 1 aliphatic rings. The average molecular weight is 476 g/mol. The van der Waals surface area contributed by atoms with Crippen LogP contribution >= 0.6 is 0 Å². The second-order valence-corrected chi connectivity index (χ2v) is 8.10. The Labute approximate surface area is 195 Å². The molecule has 4 atom stereocenters. The van der Waals surface area contributed by atoms with Gasteiger partial charge in [0.15, 0.2) is 0 Å². The topological polar surface area (TPSA) is 193 Å². The van der Waals surface area contributed by atoms with Gasteiger partial charge in [-0.1, -0.05) is 18.2 Å². The second-order valence-electron chi connectivity index (χ2n) is 8.10. The maximum absolute atomic E-state index is 13.1. The summed E-state index contributed by atoms with van der Waals surface area (Å²) in [5.74, 6) is -3.52. The molecule has 0 spiro atoms. The van der Waals surface area contributed by atoms with Crippen molar-refractivity contribution in [2.75, 3.05) is 19.8 Å². The number of rotatable bonds is 11. The Morgan fingerprint density at radius 1 is 0.971 bits per heavy atom. The number of benzene rings is 1. The fourth-order valence-electron chi connectivity index (χ4n) is 3.83. The molecule has 1 aliphatic heterocycles. The number of hydrogen-bond donors (Lipinski definition) is 8. The zero-order chi connectivity index (χ0) is 24.7. The number of carboxylic acid groups (broad SMARTS) is 1. The molecule has 0 saturated carbocycles. The summed E-state index contributed by atoms with van der Waals surface area (Å²) in [7, 11) is 0. The van der Waals surface area contributed by atoms with E-state index < -0.39 is 55.2 Å². The molecule has 184 valence electrons. The molecular weight excluding hydrogens is 446 g/mol. The third-order valence-electron chi connectivity index (χ3n) is 5.72. The van der Waals surface area contributed by atoms with Crippen molar-refractivity contribution in [1.29, 1.82) is 0 Å². The summed E-state index contributed by atoms with van der Waals surface area (Å²) in [4.78, 5) is 52.4. The highest BCUT2D eigenvalue weighted by molar-refractivity contribution is 5.95. The quantitative estimate of drug-likeness (QED) is 0.183. The first-order chi connectivity index (χ1) is 16.3. The number of para-hydroxylation sites is 1. The van der Waals surface area contributed by atoms with E-state index in [4.69, 9.17) is 10.2 Å². The van der Waals surface area contributed by atoms with Gasteiger partial charge in [-0.2, -0.15) is 0 Å². The normalized spacial score (nSPS) is 18.1. The Kier molecular flexibility index (Phi) is 8.57. The van der Waals surface area contributed by atoms with E-state index in [9.17, 15) is 24.3 Å². The lowest BCUT2D eigenvalue weighted by atomic mass is 10.0. The predicted octanol–water partition coefficient (Wildman–Crippen LogP) is -2.01. The van der Waals surface area contributed by atoms with Gasteiger partial charge in [-0.05, 0) is 31.0 Å². The average Bonchev–Trinajstić information content (AvgIpc) is 3.50. The zero-order valence-corrected chi connectivity index (χ0v) is 18.4. The van der Waals surface area contributed by atoms with Crippen LogP contribution in [0.5, 0.6) is 0 Å². The summed E-state index contributed by atoms with van der Waals surface area (Å²) in [5.41, 5.74) is 1.63. The number of aromatic nitrogens is 1. The predicted molar refractivity (Wildman–Crippen MR) is 121 cm³/mol. The summed E-state index contributed by atoms with van der Waals surface area (Å²) in [6, 6.07) is 2.90. The molecule has 4 unspecified atom stereocenters. The highest BCUT2D eigenvalue weighted by Gasteiger charge is 2.31. The molecular formula is C22H29N5O7. The van der Waals surface area contributed by atoms with E-state index in [1.165, 1.54) is 0 Å². The van der Waals surface area contributed by atoms with Gasteiger partial charge in [0.05, 0.1) is 19.3 Å². The molecule has 12 nitrogen and oxygen atoms in total. The number of nitrogens with one attached hydrogen (secondary N) is 5. The van der Waals surface area contributed by atoms with Crippen LogP contribution in [0.25, 0.3) is 10.9 Å². The lowest BCUT2D eigenvalue weighted by Gasteiger charge is -2.24. The van der Waals surface area contributed by atoms with Gasteiger partial charge in [-0.15, -0.1) is 0 Å². The van der Waals surface area contributed by atoms with Crippen LogP contribution in [0.3, 0.4) is 0 Å². The van der Waals surface area contributed by atoms with E-state index >= 15 is 0 Å². The number of aliphatic hydroxyl groups excluding tert-OH is 2. The van der Waals surface area contributed by atoms with Crippen LogP contribution in [0.1, 0.15) is 18.4 Å². The minimum absolute atomic E-state index is 0.114. The number of hydrogen-bond acceptors (Lipinski definition) is 7. The van der Waals surface area contributed by atoms with Crippen molar-refractivity contribution in [3.63, 3.8) is 0 Å². The maximum atomic E-state index is 13.1. The van der Waals surface area contributed by atoms with Crippen molar-refractivity contribution in [2.45, 2.75) is 43.4 Å². The largest absolute Gasteiger partial charge is 0.480 e. The number of carbonyl (C=O) groups excluding carboxylic acids is 3. The molecule has 3 rings (SSSR count). The van der Waals surface area contributed by atoms with Crippen LogP contribution in [-0.2, 0) is 25.6 Å². The first-order valence-electron chi connectivity index (χ1n) is 11.0. The van der Waals surface area contributed by atoms with Gasteiger partial charge in [0, 0.05) is 23.5 Å². The van der Waals surface area contributed by atoms with Gasteiger partial charge in [0.2, 0.25) is 17.7 Å². The van der Waals surface area contributed by atoms with Crippen molar-refractivity contribution in [3.05, 3.63) is 36.0 Å². The number of H-pyrrole nitrogens is 1. The molecule has 1 aromatic carbocycles. The SMILES string of the molecule is O=C(O)C(CO)NC(=O)C(CO)NC(=O)C(Cc1c[nH]c2ccccc12)NC(=O)C1CCCN1. The number of aromatic amines is 1. The Balaban J connectivity index is 1.76. The molecule has 0 bridgehead atoms. The van der Waals surface area contributed by atoms with Gasteiger partial charge in [-0.25, -0.2) is 4.79 Å². The minimum Gasteiger partial charge on any atom is -0.480 e. The van der Waals surface area contributed by atoms with Gasteiger partial charge < -0.3 is 41.6 Å². The Morgan fingerprint density at radius 2 is 1.65 bits per heavy atom. The van der Waals surface area contributed by atoms with Crippen LogP contribution in [-0.4, -0.2) is 87.9 Å². The van der Waals surface area contributed by atoms with Crippen molar-refractivity contribution in [2.24, 2.45) is 0 Å². The summed E-state index contributed by atoms with van der Waals surface area (Å²) < 4.78 is 0. The Bertz CT molecular complexity index is 1030. The molecule has 1 fully saturated rings. The first-order valence-corrected chi connectivity index (χ1v) is 11.0. The smallest absolute Gasteiger partial charge is 0.328 e. The van der Waals surface area contributed by atoms with E-state index in [0.717, 1.165) is 22.9 Å². The van der Waals surface area contributed by atoms with Crippen LogP contribution in [0.4, 0.5) is 0 Å². The van der Waals surface area contributed by atoms with E-state index in [0.29, 0.717) is 13.0 Å². The van der Waals surface area contributed by atoms with Gasteiger partial charge in [0.25, 0.3) is 0 Å². The van der Waals surface area contributed by atoms with E-state index in [1.807, 2.05) is 24.3 Å². The highest BCUT2D eigenvalue weighted by Crippen LogP contribution is 2.19. The number of fused-ring (bicyclic) bond motifs is 1. The number of aliphatic hydroxyl groups is 2. The van der Waals surface area contributed by atoms with Crippen molar-refractivity contribution in [1.82, 2.24) is 26.3 Å². The standard InChI is InChI=1S/C22H29N5O7/c28-10-17(21(32)27-18(11-29)22(33)34)26-20(31)16(25-19(30)15-6-3-7-23-15)8-12-9-24-14-5-2-1-4-13(12)14/h1-2,4-5,9,15-18,23-24,28-29H,3,6-8,10-11H2,(H,25,30)(H,26,31)(H,27,32)(H,33,34). The number of aliphatic carboxylic acids is 1. The van der Waals surface area contributed by atoms with Crippen LogP contribution in [0, 0.1) is 0 Å². The van der Waals surface area contributed by atoms with Crippen molar-refractivity contribution in [3.8, 4) is 0 Å². The van der Waals surface area contributed by atoms with E-state index in [2.05, 4.69) is 26.3 Å². The summed E-state index contributed by atoms with van der Waals surface area (Å²) in [6.45, 7) is -0.978. The minimum atomic E-state index is -1.59. The second kappa shape index (κ2) is 11.6. The lowest BCUT2D eigenvalue weighted by molar-refractivity contribution is -0.143. The van der Waals surface area contributed by atoms with E-state index in [1.54, 1.807) is 6.20 Å². The molecule has 3 amide bonds. The fraction of sp³-hybridized carbons (Fsp3) is 0.455. The van der Waals surface area contributed by atoms with Crippen LogP contribution in [0.15, 0.2) is 30.5 Å². The Hall–Kier alpha value is -3.48. The van der Waals surface area contributed by atoms with Gasteiger partial charge in [0.1, 0.15) is 18.1 Å². The van der Waals surface area contributed by atoms with Crippen molar-refractivity contribution < 1.29 is 34.5 Å². The van der Waals surface area contributed by atoms with Crippen LogP contribution in [0.2, 0.25) is 0 Å². The third kappa shape index (κ3) is 6.10. The third-order valence-corrected chi connectivity index (χ3v) is 5.72. The summed E-state index contributed by atoms with van der Waals surface area (Å²) in [6.07, 6.45) is 3.31. The summed E-state index contributed by atoms with van der Waals surface area (Å²) in [5, 5.41) is 38.8. The van der Waals surface area contributed by atoms with Gasteiger partial charge in [-0.3, -0.25) is 14.4 Å². The molecule has 2 aromatic rings. The Morgan fingerprint density at radius 3 is 2.29 bits per heavy atom. The fourth-order valence-corrected chi connectivity index (χ4v) is 3.83. The van der Waals surface area contributed by atoms with E-state index in [-0.39, 0.29) is 12.3 Å². The molecule has 0 radical (unpaired) electrons. The monoisotopic (exact) mass is 475 g/mol. The molecule has 0 aliphatic carbocycles. The van der Waals surface area contributed by atoms with Crippen LogP contribution < -0.4 is 21.3 Å². The number of carbonyl (C=O) groups is 4. The van der Waals surface area contributed by atoms with Crippen molar-refractivity contribution >= 4 is 34.6 Å². The molecule has 12 heteroatoms. The molecule has 1 aromatic heterocycles. The number of amides is 3. The first kappa shape index (κ1) is 25.1. The molecule has 34 heavy (non-hydrogen) atoms. The summed E-state index contributed by atoms with van der Waals surface area (Å²) >= 11 is 0. The number of carboxylic acids is 1. The zero-order valence-electron chi connectivity index (χ0n) is 18.4.